The maximum absolute atomic E-state index is 12.3. The van der Waals surface area contributed by atoms with Crippen LogP contribution in [0.4, 0.5) is 5.82 Å². The highest BCUT2D eigenvalue weighted by Gasteiger charge is 2.19. The molecule has 21 heavy (non-hydrogen) atoms. The summed E-state index contributed by atoms with van der Waals surface area (Å²) >= 11 is 11.7. The number of hydrogen-bond donors (Lipinski definition) is 1. The molecule has 0 bridgehead atoms. The van der Waals surface area contributed by atoms with Gasteiger partial charge in [-0.15, -0.1) is 0 Å². The largest absolute Gasteiger partial charge is 0.264 e. The molecule has 0 atom stereocenters. The number of aromatic nitrogens is 2. The van der Waals surface area contributed by atoms with Crippen molar-refractivity contribution in [1.29, 1.82) is 0 Å². The second-order valence-corrected chi connectivity index (χ2v) is 7.13. The summed E-state index contributed by atoms with van der Waals surface area (Å²) in [5, 5.41) is 0.413. The van der Waals surface area contributed by atoms with Crippen molar-refractivity contribution < 1.29 is 8.42 Å². The molecule has 1 heterocycles. The predicted molar refractivity (Wildman–Crippen MR) is 83.4 cm³/mol. The van der Waals surface area contributed by atoms with E-state index in [2.05, 4.69) is 14.7 Å². The fraction of sp³-hybridized carbons (Fsp3) is 0.231. The van der Waals surface area contributed by atoms with Crippen molar-refractivity contribution in [2.45, 2.75) is 24.7 Å². The van der Waals surface area contributed by atoms with Gasteiger partial charge in [0.2, 0.25) is 0 Å². The van der Waals surface area contributed by atoms with Gasteiger partial charge in [-0.05, 0) is 24.3 Å². The Hall–Kier alpha value is -1.37. The monoisotopic (exact) mass is 345 g/mol. The number of halogens is 2. The third-order valence-corrected chi connectivity index (χ3v) is 4.69. The lowest BCUT2D eigenvalue weighted by atomic mass is 10.2. The molecule has 2 rings (SSSR count). The SMILES string of the molecule is CC(C)c1nccc(NS(=O)(=O)c2ccc(Cl)cc2Cl)n1. The molecule has 5 nitrogen and oxygen atoms in total. The van der Waals surface area contributed by atoms with E-state index in [1.165, 1.54) is 30.5 Å². The Morgan fingerprint density at radius 2 is 1.90 bits per heavy atom. The zero-order valence-electron chi connectivity index (χ0n) is 11.3. The molecule has 0 radical (unpaired) electrons. The van der Waals surface area contributed by atoms with Crippen LogP contribution in [0.15, 0.2) is 35.4 Å². The van der Waals surface area contributed by atoms with E-state index in [9.17, 15) is 8.42 Å². The number of nitrogens with zero attached hydrogens (tertiary/aromatic N) is 2. The van der Waals surface area contributed by atoms with Crippen molar-refractivity contribution in [2.75, 3.05) is 4.72 Å². The van der Waals surface area contributed by atoms with Gasteiger partial charge in [0.15, 0.2) is 0 Å². The fourth-order valence-electron chi connectivity index (χ4n) is 1.59. The highest BCUT2D eigenvalue weighted by atomic mass is 35.5. The number of nitrogens with one attached hydrogen (secondary N) is 1. The van der Waals surface area contributed by atoms with E-state index in [4.69, 9.17) is 23.2 Å². The molecule has 0 aliphatic rings. The molecule has 0 unspecified atom stereocenters. The number of benzene rings is 1. The minimum absolute atomic E-state index is 0.0492. The molecule has 1 aromatic carbocycles. The highest BCUT2D eigenvalue weighted by Crippen LogP contribution is 2.26. The van der Waals surface area contributed by atoms with E-state index in [-0.39, 0.29) is 21.7 Å². The molecule has 112 valence electrons. The fourth-order valence-corrected chi connectivity index (χ4v) is 3.37. The first-order chi connectivity index (χ1) is 9.79. The summed E-state index contributed by atoms with van der Waals surface area (Å²) in [5.74, 6) is 0.839. The molecule has 1 aromatic heterocycles. The Morgan fingerprint density at radius 3 is 2.52 bits per heavy atom. The van der Waals surface area contributed by atoms with E-state index < -0.39 is 10.0 Å². The Labute approximate surface area is 133 Å². The Balaban J connectivity index is 2.35. The normalized spacial score (nSPS) is 11.7. The Kier molecular flexibility index (Phi) is 4.70. The first-order valence-electron chi connectivity index (χ1n) is 6.10. The second-order valence-electron chi connectivity index (χ2n) is 4.64. The summed E-state index contributed by atoms with van der Waals surface area (Å²) in [5.41, 5.74) is 0. The smallest absolute Gasteiger partial charge is 0.263 e. The maximum atomic E-state index is 12.3. The zero-order chi connectivity index (χ0) is 15.6. The van der Waals surface area contributed by atoms with Gasteiger partial charge >= 0.3 is 0 Å². The molecule has 0 aliphatic carbocycles. The summed E-state index contributed by atoms with van der Waals surface area (Å²) in [6.45, 7) is 3.84. The van der Waals surface area contributed by atoms with Crippen molar-refractivity contribution in [3.8, 4) is 0 Å². The van der Waals surface area contributed by atoms with Gasteiger partial charge < -0.3 is 0 Å². The molecule has 0 aliphatic heterocycles. The van der Waals surface area contributed by atoms with Gasteiger partial charge in [0.1, 0.15) is 16.5 Å². The average Bonchev–Trinajstić information content (AvgIpc) is 2.37. The summed E-state index contributed by atoms with van der Waals surface area (Å²) in [6.07, 6.45) is 1.50. The quantitative estimate of drug-likeness (QED) is 0.916. The lowest BCUT2D eigenvalue weighted by Gasteiger charge is -2.10. The van der Waals surface area contributed by atoms with Crippen molar-refractivity contribution in [1.82, 2.24) is 9.97 Å². The van der Waals surface area contributed by atoms with Gasteiger partial charge in [-0.2, -0.15) is 0 Å². The third-order valence-electron chi connectivity index (χ3n) is 2.61. The lowest BCUT2D eigenvalue weighted by Crippen LogP contribution is -2.15. The van der Waals surface area contributed by atoms with Gasteiger partial charge in [0.05, 0.1) is 5.02 Å². The van der Waals surface area contributed by atoms with Crippen LogP contribution in [-0.4, -0.2) is 18.4 Å². The van der Waals surface area contributed by atoms with Crippen LogP contribution in [0, 0.1) is 0 Å². The zero-order valence-corrected chi connectivity index (χ0v) is 13.7. The topological polar surface area (TPSA) is 72.0 Å². The van der Waals surface area contributed by atoms with Crippen molar-refractivity contribution >= 4 is 39.0 Å². The molecule has 0 saturated carbocycles. The van der Waals surface area contributed by atoms with E-state index in [1.807, 2.05) is 13.8 Å². The molecule has 2 aromatic rings. The molecule has 0 fully saturated rings. The van der Waals surface area contributed by atoms with Gasteiger partial charge in [-0.3, -0.25) is 4.72 Å². The van der Waals surface area contributed by atoms with E-state index in [0.29, 0.717) is 10.8 Å². The van der Waals surface area contributed by atoms with Gasteiger partial charge in [-0.25, -0.2) is 18.4 Å². The molecular formula is C13H13Cl2N3O2S. The first-order valence-corrected chi connectivity index (χ1v) is 8.34. The van der Waals surface area contributed by atoms with Gasteiger partial charge in [0, 0.05) is 17.1 Å². The number of hydrogen-bond acceptors (Lipinski definition) is 4. The van der Waals surface area contributed by atoms with Crippen LogP contribution in [0.2, 0.25) is 10.0 Å². The van der Waals surface area contributed by atoms with Crippen LogP contribution in [-0.2, 0) is 10.0 Å². The summed E-state index contributed by atoms with van der Waals surface area (Å²) in [4.78, 5) is 8.18. The van der Waals surface area contributed by atoms with Crippen LogP contribution >= 0.6 is 23.2 Å². The summed E-state index contributed by atoms with van der Waals surface area (Å²) in [6, 6.07) is 5.66. The minimum atomic E-state index is -3.83. The van der Waals surface area contributed by atoms with Crippen LogP contribution in [0.25, 0.3) is 0 Å². The lowest BCUT2D eigenvalue weighted by molar-refractivity contribution is 0.601. The Morgan fingerprint density at radius 1 is 1.19 bits per heavy atom. The minimum Gasteiger partial charge on any atom is -0.263 e. The van der Waals surface area contributed by atoms with Crippen LogP contribution < -0.4 is 4.72 Å². The molecular weight excluding hydrogens is 333 g/mol. The highest BCUT2D eigenvalue weighted by molar-refractivity contribution is 7.92. The molecule has 0 saturated heterocycles. The van der Waals surface area contributed by atoms with Crippen molar-refractivity contribution in [3.63, 3.8) is 0 Å². The molecule has 0 spiro atoms. The standard InChI is InChI=1S/C13H13Cl2N3O2S/c1-8(2)13-16-6-5-12(17-13)18-21(19,20)11-4-3-9(14)7-10(11)15/h3-8H,1-2H3,(H,16,17,18). The molecule has 1 N–H and O–H groups in total. The van der Waals surface area contributed by atoms with Crippen LogP contribution in [0.3, 0.4) is 0 Å². The van der Waals surface area contributed by atoms with Crippen LogP contribution in [0.1, 0.15) is 25.6 Å². The third kappa shape index (κ3) is 3.84. The van der Waals surface area contributed by atoms with E-state index in [0.717, 1.165) is 0 Å². The predicted octanol–water partition coefficient (Wildman–Crippen LogP) is 3.71. The summed E-state index contributed by atoms with van der Waals surface area (Å²) < 4.78 is 27.0. The first kappa shape index (κ1) is 16.0. The number of anilines is 1. The summed E-state index contributed by atoms with van der Waals surface area (Å²) in [7, 11) is -3.83. The number of rotatable bonds is 4. The number of sulfonamides is 1. The molecule has 8 heteroatoms. The van der Waals surface area contributed by atoms with Gasteiger partial charge in [-0.1, -0.05) is 37.0 Å². The second kappa shape index (κ2) is 6.17. The maximum Gasteiger partial charge on any atom is 0.264 e. The molecule has 0 amide bonds. The van der Waals surface area contributed by atoms with Crippen molar-refractivity contribution in [3.05, 3.63) is 46.3 Å². The van der Waals surface area contributed by atoms with Gasteiger partial charge in [0.25, 0.3) is 10.0 Å². The van der Waals surface area contributed by atoms with E-state index in [1.54, 1.807) is 0 Å². The Bertz CT molecular complexity index is 764. The average molecular weight is 346 g/mol. The van der Waals surface area contributed by atoms with E-state index >= 15 is 0 Å². The van der Waals surface area contributed by atoms with Crippen LogP contribution in [0.5, 0.6) is 0 Å². The van der Waals surface area contributed by atoms with Crippen molar-refractivity contribution in [2.24, 2.45) is 0 Å².